The number of imidazole rings is 1. The number of thioether (sulfide) groups is 1. The Morgan fingerprint density at radius 1 is 1.17 bits per heavy atom. The van der Waals surface area contributed by atoms with E-state index in [1.165, 1.54) is 29.8 Å². The molecule has 0 spiro atoms. The van der Waals surface area contributed by atoms with Gasteiger partial charge in [-0.2, -0.15) is 0 Å². The number of esters is 1. The molecule has 0 amide bonds. The molecule has 1 aliphatic rings. The van der Waals surface area contributed by atoms with Crippen molar-refractivity contribution in [3.63, 3.8) is 0 Å². The molecule has 1 aliphatic carbocycles. The Bertz CT molecular complexity index is 901. The highest BCUT2D eigenvalue weighted by Gasteiger charge is 2.48. The zero-order chi connectivity index (χ0) is 21.2. The van der Waals surface area contributed by atoms with Gasteiger partial charge >= 0.3 is 12.1 Å². The van der Waals surface area contributed by atoms with Gasteiger partial charge < -0.3 is 14.2 Å². The van der Waals surface area contributed by atoms with Crippen LogP contribution in [0, 0.1) is 0 Å². The number of hydrogen-bond donors (Lipinski definition) is 0. The van der Waals surface area contributed by atoms with Crippen LogP contribution in [0.4, 0.5) is 4.79 Å². The van der Waals surface area contributed by atoms with Crippen LogP contribution in [0.15, 0.2) is 30.6 Å². The van der Waals surface area contributed by atoms with Crippen LogP contribution in [0.3, 0.4) is 0 Å². The number of ether oxygens (including phenoxy) is 3. The Morgan fingerprint density at radius 2 is 1.86 bits per heavy atom. The summed E-state index contributed by atoms with van der Waals surface area (Å²) in [5, 5.41) is 0. The standard InChI is InChI=1S/C21H26N2O5S/c1-20(2,3)28-19(25)23-13-22-16-10-21(11-17(16)23,18(24)27-5)29-12-14-6-8-15(26-4)9-7-14/h6-9,13H,10-12H2,1-5H3. The normalized spacial score (nSPS) is 18.2. The monoisotopic (exact) mass is 418 g/mol. The second-order valence-electron chi connectivity index (χ2n) is 7.96. The molecule has 1 aromatic carbocycles. The summed E-state index contributed by atoms with van der Waals surface area (Å²) in [6.07, 6.45) is 1.74. The van der Waals surface area contributed by atoms with Crippen molar-refractivity contribution in [3.05, 3.63) is 47.5 Å². The molecule has 7 nitrogen and oxygen atoms in total. The average Bonchev–Trinajstić information content (AvgIpc) is 3.23. The molecule has 0 saturated heterocycles. The smallest absolute Gasteiger partial charge is 0.420 e. The van der Waals surface area contributed by atoms with Crippen LogP contribution in [-0.2, 0) is 32.9 Å². The first-order valence-corrected chi connectivity index (χ1v) is 10.3. The molecule has 156 valence electrons. The molecule has 1 unspecified atom stereocenters. The first-order chi connectivity index (χ1) is 13.7. The molecule has 8 heteroatoms. The van der Waals surface area contributed by atoms with Crippen LogP contribution in [0.25, 0.3) is 0 Å². The largest absolute Gasteiger partial charge is 0.497 e. The van der Waals surface area contributed by atoms with Gasteiger partial charge in [-0.05, 0) is 38.5 Å². The Labute approximate surface area is 174 Å². The molecule has 1 heterocycles. The highest BCUT2D eigenvalue weighted by molar-refractivity contribution is 8.00. The fraction of sp³-hybridized carbons (Fsp3) is 0.476. The minimum Gasteiger partial charge on any atom is -0.497 e. The fourth-order valence-corrected chi connectivity index (χ4v) is 4.57. The first kappa shape index (κ1) is 21.2. The van der Waals surface area contributed by atoms with Gasteiger partial charge in [0.15, 0.2) is 0 Å². The molecular formula is C21H26N2O5S. The van der Waals surface area contributed by atoms with Crippen molar-refractivity contribution in [2.24, 2.45) is 0 Å². The minimum absolute atomic E-state index is 0.315. The molecule has 0 bridgehead atoms. The molecule has 0 fully saturated rings. The Kier molecular flexibility index (Phi) is 5.93. The van der Waals surface area contributed by atoms with Gasteiger partial charge in [-0.1, -0.05) is 12.1 Å². The fourth-order valence-electron chi connectivity index (χ4n) is 3.25. The Balaban J connectivity index is 1.80. The number of methoxy groups -OCH3 is 2. The van der Waals surface area contributed by atoms with Gasteiger partial charge in [-0.15, -0.1) is 11.8 Å². The molecule has 0 aliphatic heterocycles. The van der Waals surface area contributed by atoms with Gasteiger partial charge in [0, 0.05) is 18.6 Å². The van der Waals surface area contributed by atoms with Gasteiger partial charge in [0.05, 0.1) is 25.6 Å². The van der Waals surface area contributed by atoms with Crippen LogP contribution >= 0.6 is 11.8 Å². The number of aromatic nitrogens is 2. The lowest BCUT2D eigenvalue weighted by molar-refractivity contribution is -0.143. The summed E-state index contributed by atoms with van der Waals surface area (Å²) in [5.41, 5.74) is 1.88. The van der Waals surface area contributed by atoms with Crippen molar-refractivity contribution in [1.29, 1.82) is 0 Å². The van der Waals surface area contributed by atoms with Crippen molar-refractivity contribution in [2.45, 2.75) is 49.7 Å². The molecule has 1 aromatic heterocycles. The lowest BCUT2D eigenvalue weighted by Crippen LogP contribution is -2.38. The van der Waals surface area contributed by atoms with Crippen LogP contribution < -0.4 is 4.74 Å². The molecule has 0 N–H and O–H groups in total. The number of carbonyl (C=O) groups is 2. The molecule has 2 aromatic rings. The Hall–Kier alpha value is -2.48. The van der Waals surface area contributed by atoms with Gasteiger partial charge in [-0.25, -0.2) is 14.3 Å². The topological polar surface area (TPSA) is 79.7 Å². The van der Waals surface area contributed by atoms with E-state index in [4.69, 9.17) is 14.2 Å². The predicted molar refractivity (Wildman–Crippen MR) is 110 cm³/mol. The number of rotatable bonds is 5. The van der Waals surface area contributed by atoms with Crippen molar-refractivity contribution in [3.8, 4) is 5.75 Å². The Morgan fingerprint density at radius 3 is 2.45 bits per heavy atom. The van der Waals surface area contributed by atoms with Crippen molar-refractivity contribution in [2.75, 3.05) is 14.2 Å². The maximum absolute atomic E-state index is 12.7. The lowest BCUT2D eigenvalue weighted by Gasteiger charge is -2.25. The van der Waals surface area contributed by atoms with Crippen LogP contribution in [0.5, 0.6) is 5.75 Å². The van der Waals surface area contributed by atoms with Crippen LogP contribution in [0.1, 0.15) is 37.7 Å². The van der Waals surface area contributed by atoms with E-state index in [0.29, 0.717) is 24.3 Å². The molecular weight excluding hydrogens is 392 g/mol. The van der Waals surface area contributed by atoms with E-state index < -0.39 is 16.4 Å². The number of fused-ring (bicyclic) bond motifs is 1. The minimum atomic E-state index is -0.822. The zero-order valence-corrected chi connectivity index (χ0v) is 18.2. The van der Waals surface area contributed by atoms with Gasteiger partial charge in [0.25, 0.3) is 0 Å². The third-order valence-corrected chi connectivity index (χ3v) is 6.17. The first-order valence-electron chi connectivity index (χ1n) is 9.31. The summed E-state index contributed by atoms with van der Waals surface area (Å²) in [4.78, 5) is 29.6. The van der Waals surface area contributed by atoms with Gasteiger partial charge in [0.1, 0.15) is 22.4 Å². The van der Waals surface area contributed by atoms with Crippen LogP contribution in [-0.4, -0.2) is 46.2 Å². The summed E-state index contributed by atoms with van der Waals surface area (Å²) in [7, 11) is 3.01. The number of carbonyl (C=O) groups excluding carboxylic acids is 2. The summed E-state index contributed by atoms with van der Waals surface area (Å²) >= 11 is 1.50. The van der Waals surface area contributed by atoms with E-state index in [-0.39, 0.29) is 5.97 Å². The highest BCUT2D eigenvalue weighted by Crippen LogP contribution is 2.42. The number of nitrogens with zero attached hydrogens (tertiary/aromatic N) is 2. The molecule has 29 heavy (non-hydrogen) atoms. The van der Waals surface area contributed by atoms with Gasteiger partial charge in [-0.3, -0.25) is 4.79 Å². The molecule has 1 atom stereocenters. The van der Waals surface area contributed by atoms with Crippen LogP contribution in [0.2, 0.25) is 0 Å². The van der Waals surface area contributed by atoms with E-state index in [9.17, 15) is 9.59 Å². The van der Waals surface area contributed by atoms with E-state index >= 15 is 0 Å². The molecule has 0 radical (unpaired) electrons. The maximum Gasteiger partial charge on any atom is 0.420 e. The summed E-state index contributed by atoms with van der Waals surface area (Å²) in [6, 6.07) is 7.72. The third-order valence-electron chi connectivity index (χ3n) is 4.68. The second-order valence-corrected chi connectivity index (χ2v) is 9.32. The summed E-state index contributed by atoms with van der Waals surface area (Å²) in [5.74, 6) is 1.09. The molecule has 0 saturated carbocycles. The zero-order valence-electron chi connectivity index (χ0n) is 17.4. The van der Waals surface area contributed by atoms with Crippen molar-refractivity contribution >= 4 is 23.8 Å². The van der Waals surface area contributed by atoms with E-state index in [1.54, 1.807) is 7.11 Å². The van der Waals surface area contributed by atoms with E-state index in [2.05, 4.69) is 4.98 Å². The molecule has 3 rings (SSSR count). The summed E-state index contributed by atoms with van der Waals surface area (Å²) < 4.78 is 16.3. The lowest BCUT2D eigenvalue weighted by atomic mass is 10.1. The average molecular weight is 419 g/mol. The number of hydrogen-bond acceptors (Lipinski definition) is 7. The second kappa shape index (κ2) is 8.10. The predicted octanol–water partition coefficient (Wildman–Crippen LogP) is 3.62. The van der Waals surface area contributed by atoms with E-state index in [1.807, 2.05) is 45.0 Å². The number of benzene rings is 1. The maximum atomic E-state index is 12.7. The highest BCUT2D eigenvalue weighted by atomic mass is 32.2. The van der Waals surface area contributed by atoms with Crippen molar-refractivity contribution < 1.29 is 23.8 Å². The van der Waals surface area contributed by atoms with Gasteiger partial charge in [0.2, 0.25) is 0 Å². The van der Waals surface area contributed by atoms with E-state index in [0.717, 1.165) is 17.0 Å². The van der Waals surface area contributed by atoms with Crippen molar-refractivity contribution in [1.82, 2.24) is 9.55 Å². The summed E-state index contributed by atoms with van der Waals surface area (Å²) in [6.45, 7) is 5.43. The SMILES string of the molecule is COC(=O)C1(SCc2ccc(OC)cc2)Cc2ncn(C(=O)OC(C)(C)C)c2C1. The third kappa shape index (κ3) is 4.58. The quantitative estimate of drug-likeness (QED) is 0.686.